The third kappa shape index (κ3) is 3.14. The first kappa shape index (κ1) is 14.2. The summed E-state index contributed by atoms with van der Waals surface area (Å²) in [6, 6.07) is 18.5. The van der Waals surface area contributed by atoms with Crippen LogP contribution in [0.2, 0.25) is 0 Å². The van der Waals surface area contributed by atoms with Crippen LogP contribution >= 0.6 is 15.9 Å². The van der Waals surface area contributed by atoms with Gasteiger partial charge in [-0.3, -0.25) is 4.98 Å². The van der Waals surface area contributed by atoms with Gasteiger partial charge in [-0.15, -0.1) is 0 Å². The van der Waals surface area contributed by atoms with Gasteiger partial charge in [0.05, 0.1) is 5.52 Å². The van der Waals surface area contributed by atoms with Crippen LogP contribution in [0.4, 0.5) is 0 Å². The third-order valence-electron chi connectivity index (χ3n) is 3.72. The number of rotatable bonds is 3. The van der Waals surface area contributed by atoms with E-state index in [9.17, 15) is 0 Å². The molecule has 1 unspecified atom stereocenters. The molecular weight excluding hydrogens is 324 g/mol. The third-order valence-corrected chi connectivity index (χ3v) is 4.21. The number of hydrogen-bond acceptors (Lipinski definition) is 2. The number of nitrogens with two attached hydrogens (primary N) is 1. The molecular formula is C18H17BrN2. The van der Waals surface area contributed by atoms with Crippen LogP contribution in [0.1, 0.15) is 22.9 Å². The number of halogens is 1. The van der Waals surface area contributed by atoms with E-state index in [4.69, 9.17) is 10.7 Å². The topological polar surface area (TPSA) is 38.9 Å². The van der Waals surface area contributed by atoms with E-state index < -0.39 is 0 Å². The van der Waals surface area contributed by atoms with Gasteiger partial charge in [-0.1, -0.05) is 46.3 Å². The summed E-state index contributed by atoms with van der Waals surface area (Å²) in [5.41, 5.74) is 10.8. The van der Waals surface area contributed by atoms with Crippen molar-refractivity contribution in [1.29, 1.82) is 0 Å². The van der Waals surface area contributed by atoms with Crippen molar-refractivity contribution in [3.05, 3.63) is 75.9 Å². The number of hydrogen-bond donors (Lipinski definition) is 1. The Labute approximate surface area is 133 Å². The van der Waals surface area contributed by atoms with E-state index in [1.165, 1.54) is 11.1 Å². The minimum Gasteiger partial charge on any atom is -0.324 e. The maximum atomic E-state index is 6.37. The number of para-hydroxylation sites is 1. The van der Waals surface area contributed by atoms with Crippen LogP contribution in [0.15, 0.2) is 59.1 Å². The number of benzene rings is 2. The predicted octanol–water partition coefficient (Wildman–Crippen LogP) is 4.55. The first-order valence-corrected chi connectivity index (χ1v) is 7.79. The second kappa shape index (κ2) is 5.96. The van der Waals surface area contributed by atoms with Crippen molar-refractivity contribution in [3.8, 4) is 0 Å². The van der Waals surface area contributed by atoms with Gasteiger partial charge in [0.2, 0.25) is 0 Å². The molecule has 0 saturated carbocycles. The van der Waals surface area contributed by atoms with Gasteiger partial charge < -0.3 is 5.73 Å². The molecule has 0 radical (unpaired) electrons. The van der Waals surface area contributed by atoms with E-state index in [2.05, 4.69) is 53.2 Å². The van der Waals surface area contributed by atoms with Gasteiger partial charge in [-0.05, 0) is 42.3 Å². The lowest BCUT2D eigenvalue weighted by molar-refractivity contribution is 0.704. The summed E-state index contributed by atoms with van der Waals surface area (Å²) in [4.78, 5) is 4.70. The average molecular weight is 341 g/mol. The highest BCUT2D eigenvalue weighted by Crippen LogP contribution is 2.23. The standard InChI is InChI=1S/C18H17BrN2/c1-12-10-14(19)7-9-16(12)17(20)11-15-8-6-13-4-2-3-5-18(13)21-15/h2-10,17H,11,20H2,1H3. The minimum atomic E-state index is -0.0354. The van der Waals surface area contributed by atoms with Crippen molar-refractivity contribution in [1.82, 2.24) is 4.98 Å². The van der Waals surface area contributed by atoms with Gasteiger partial charge in [0.1, 0.15) is 0 Å². The smallest absolute Gasteiger partial charge is 0.0705 e. The molecule has 3 aromatic rings. The fraction of sp³-hybridized carbons (Fsp3) is 0.167. The fourth-order valence-electron chi connectivity index (χ4n) is 2.61. The van der Waals surface area contributed by atoms with Gasteiger partial charge in [-0.2, -0.15) is 0 Å². The molecule has 0 spiro atoms. The highest BCUT2D eigenvalue weighted by molar-refractivity contribution is 9.10. The molecule has 2 nitrogen and oxygen atoms in total. The Bertz CT molecular complexity index is 783. The van der Waals surface area contributed by atoms with Gasteiger partial charge in [-0.25, -0.2) is 0 Å². The first-order valence-electron chi connectivity index (χ1n) is 7.00. The number of pyridine rings is 1. The van der Waals surface area contributed by atoms with Gasteiger partial charge in [0.15, 0.2) is 0 Å². The van der Waals surface area contributed by atoms with E-state index in [0.29, 0.717) is 0 Å². The maximum Gasteiger partial charge on any atom is 0.0705 e. The SMILES string of the molecule is Cc1cc(Br)ccc1C(N)Cc1ccc2ccccc2n1. The molecule has 1 heterocycles. The molecule has 0 aliphatic rings. The molecule has 2 N–H and O–H groups in total. The van der Waals surface area contributed by atoms with Crippen LogP contribution in [0, 0.1) is 6.92 Å². The second-order valence-corrected chi connectivity index (χ2v) is 6.22. The Morgan fingerprint density at radius 3 is 2.71 bits per heavy atom. The molecule has 106 valence electrons. The number of nitrogens with zero attached hydrogens (tertiary/aromatic N) is 1. The predicted molar refractivity (Wildman–Crippen MR) is 91.3 cm³/mol. The van der Waals surface area contributed by atoms with Crippen molar-refractivity contribution >= 4 is 26.8 Å². The van der Waals surface area contributed by atoms with Gasteiger partial charge in [0, 0.05) is 28.0 Å². The Balaban J connectivity index is 1.87. The van der Waals surface area contributed by atoms with Gasteiger partial charge in [0.25, 0.3) is 0 Å². The number of aryl methyl sites for hydroxylation is 1. The highest BCUT2D eigenvalue weighted by atomic mass is 79.9. The van der Waals surface area contributed by atoms with Crippen molar-refractivity contribution in [3.63, 3.8) is 0 Å². The zero-order valence-corrected chi connectivity index (χ0v) is 13.5. The molecule has 1 atom stereocenters. The number of fused-ring (bicyclic) bond motifs is 1. The van der Waals surface area contributed by atoms with E-state index >= 15 is 0 Å². The zero-order valence-electron chi connectivity index (χ0n) is 11.9. The molecule has 0 aliphatic carbocycles. The average Bonchev–Trinajstić information content (AvgIpc) is 2.47. The molecule has 0 bridgehead atoms. The minimum absolute atomic E-state index is 0.0354. The largest absolute Gasteiger partial charge is 0.324 e. The summed E-state index contributed by atoms with van der Waals surface area (Å²) in [6.45, 7) is 2.09. The lowest BCUT2D eigenvalue weighted by Crippen LogP contribution is -2.15. The molecule has 0 fully saturated rings. The molecule has 21 heavy (non-hydrogen) atoms. The molecule has 3 heteroatoms. The number of aromatic nitrogens is 1. The second-order valence-electron chi connectivity index (χ2n) is 5.31. The highest BCUT2D eigenvalue weighted by Gasteiger charge is 2.11. The lowest BCUT2D eigenvalue weighted by atomic mass is 9.98. The quantitative estimate of drug-likeness (QED) is 0.759. The summed E-state index contributed by atoms with van der Waals surface area (Å²) >= 11 is 3.49. The Hall–Kier alpha value is -1.71. The molecule has 1 aromatic heterocycles. The van der Waals surface area contributed by atoms with Crippen molar-refractivity contribution in [2.24, 2.45) is 5.73 Å². The summed E-state index contributed by atoms with van der Waals surface area (Å²) < 4.78 is 1.08. The van der Waals surface area contributed by atoms with E-state index in [0.717, 1.165) is 27.5 Å². The molecule has 0 aliphatic heterocycles. The van der Waals surface area contributed by atoms with Crippen molar-refractivity contribution in [2.75, 3.05) is 0 Å². The van der Waals surface area contributed by atoms with Gasteiger partial charge >= 0.3 is 0 Å². The molecule has 2 aromatic carbocycles. The fourth-order valence-corrected chi connectivity index (χ4v) is 3.09. The van der Waals surface area contributed by atoms with Crippen LogP contribution < -0.4 is 5.73 Å². The van der Waals surface area contributed by atoms with E-state index in [-0.39, 0.29) is 6.04 Å². The maximum absolute atomic E-state index is 6.37. The zero-order chi connectivity index (χ0) is 14.8. The Morgan fingerprint density at radius 1 is 1.10 bits per heavy atom. The molecule has 0 saturated heterocycles. The summed E-state index contributed by atoms with van der Waals surface area (Å²) in [7, 11) is 0. The first-order chi connectivity index (χ1) is 10.1. The van der Waals surface area contributed by atoms with Crippen LogP contribution in [0.3, 0.4) is 0 Å². The summed E-state index contributed by atoms with van der Waals surface area (Å²) in [6.07, 6.45) is 0.743. The molecule has 3 rings (SSSR count). The van der Waals surface area contributed by atoms with Crippen molar-refractivity contribution < 1.29 is 0 Å². The van der Waals surface area contributed by atoms with Crippen LogP contribution in [-0.4, -0.2) is 4.98 Å². The lowest BCUT2D eigenvalue weighted by Gasteiger charge is -2.15. The Kier molecular flexibility index (Phi) is 4.04. The summed E-state index contributed by atoms with van der Waals surface area (Å²) in [5, 5.41) is 1.16. The molecule has 0 amide bonds. The normalized spacial score (nSPS) is 12.5. The summed E-state index contributed by atoms with van der Waals surface area (Å²) in [5.74, 6) is 0. The van der Waals surface area contributed by atoms with Crippen LogP contribution in [0.25, 0.3) is 10.9 Å². The monoisotopic (exact) mass is 340 g/mol. The van der Waals surface area contributed by atoms with E-state index in [1.807, 2.05) is 24.3 Å². The van der Waals surface area contributed by atoms with Crippen LogP contribution in [-0.2, 0) is 6.42 Å². The Morgan fingerprint density at radius 2 is 1.90 bits per heavy atom. The van der Waals surface area contributed by atoms with Crippen LogP contribution in [0.5, 0.6) is 0 Å². The van der Waals surface area contributed by atoms with E-state index in [1.54, 1.807) is 0 Å². The van der Waals surface area contributed by atoms with Crippen molar-refractivity contribution in [2.45, 2.75) is 19.4 Å².